The number of rotatable bonds is 4. The number of nitrogens with zero attached hydrogens (tertiary/aromatic N) is 4. The molecule has 6 aromatic rings. The van der Waals surface area contributed by atoms with Crippen molar-refractivity contribution < 1.29 is 44.0 Å². The standard InChI is InChI=1S/2C16H11N2.2ClH.Ti/c2*1-2-6-13-10-15(9-12(13)5-1)18-16-8-4-3-7-14(16)11-17-18;;;/h2*1-11H;2*1H;/q;;;;+2/p-2. The second-order valence-corrected chi connectivity index (χ2v) is 12.0. The summed E-state index contributed by atoms with van der Waals surface area (Å²) in [6, 6.07) is 34.8. The smallest absolute Gasteiger partial charge is 1.00 e. The van der Waals surface area contributed by atoms with Gasteiger partial charge in [-0.3, -0.25) is 0 Å². The maximum Gasteiger partial charge on any atom is -1.00 e. The fraction of sp³-hybridized carbons (Fsp3) is 0.0625. The molecular weight excluding hydrogens is 559 g/mol. The molecule has 0 bridgehead atoms. The van der Waals surface area contributed by atoms with Crippen LogP contribution >= 0.6 is 0 Å². The Balaban J connectivity index is 0.00000138. The molecule has 8 rings (SSSR count). The van der Waals surface area contributed by atoms with E-state index in [2.05, 4.69) is 119 Å². The molecule has 188 valence electrons. The number of aromatic nitrogens is 4. The molecule has 0 amide bonds. The Kier molecular flexibility index (Phi) is 6.82. The molecule has 4 nitrogen and oxygen atoms in total. The quantitative estimate of drug-likeness (QED) is 0.295. The van der Waals surface area contributed by atoms with E-state index in [0.29, 0.717) is 8.45 Å². The monoisotopic (exact) mass is 580 g/mol. The van der Waals surface area contributed by atoms with Crippen LogP contribution in [0.2, 0.25) is 0 Å². The second kappa shape index (κ2) is 10.3. The summed E-state index contributed by atoms with van der Waals surface area (Å²) in [6.07, 6.45) is 8.69. The van der Waals surface area contributed by atoms with Gasteiger partial charge >= 0.3 is 224 Å². The Morgan fingerprint density at radius 1 is 0.513 bits per heavy atom. The van der Waals surface area contributed by atoms with Crippen LogP contribution in [0.1, 0.15) is 30.7 Å². The van der Waals surface area contributed by atoms with Crippen molar-refractivity contribution in [1.82, 2.24) is 19.6 Å². The van der Waals surface area contributed by atoms with Gasteiger partial charge < -0.3 is 24.8 Å². The van der Waals surface area contributed by atoms with E-state index in [1.807, 2.05) is 12.4 Å². The van der Waals surface area contributed by atoms with E-state index in [1.54, 1.807) is 0 Å². The molecule has 0 fully saturated rings. The molecular formula is C32H22Cl2N4Ti. The number of hydrogen-bond acceptors (Lipinski definition) is 2. The van der Waals surface area contributed by atoms with Gasteiger partial charge in [-0.25, -0.2) is 0 Å². The fourth-order valence-electron chi connectivity index (χ4n) is 5.85. The molecule has 2 aliphatic carbocycles. The third-order valence-electron chi connectivity index (χ3n) is 7.59. The van der Waals surface area contributed by atoms with Gasteiger partial charge in [-0.15, -0.1) is 0 Å². The van der Waals surface area contributed by atoms with Gasteiger partial charge in [0.1, 0.15) is 0 Å². The van der Waals surface area contributed by atoms with E-state index in [4.69, 9.17) is 10.2 Å². The SMILES string of the molecule is C1=C(n2ncc3ccccc32)[CH]([Ti+2][CH]2C(n3ncc4ccccc43)=Cc3ccccc32)c2ccccc21.[Cl-].[Cl-]. The average Bonchev–Trinajstić information content (AvgIpc) is 3.72. The molecule has 2 atom stereocenters. The van der Waals surface area contributed by atoms with Crippen LogP contribution in [0, 0.1) is 0 Å². The average molecular weight is 581 g/mol. The number of hydrogen-bond donors (Lipinski definition) is 0. The molecule has 0 saturated heterocycles. The Bertz CT molecular complexity index is 1760. The Morgan fingerprint density at radius 2 is 0.923 bits per heavy atom. The van der Waals surface area contributed by atoms with E-state index < -0.39 is 19.2 Å². The van der Waals surface area contributed by atoms with Crippen molar-refractivity contribution in [2.24, 2.45) is 0 Å². The summed E-state index contributed by atoms with van der Waals surface area (Å²) < 4.78 is 5.02. The molecule has 4 aromatic carbocycles. The van der Waals surface area contributed by atoms with Gasteiger partial charge in [-0.2, -0.15) is 0 Å². The summed E-state index contributed by atoms with van der Waals surface area (Å²) in [5, 5.41) is 12.1. The van der Waals surface area contributed by atoms with Crippen molar-refractivity contribution >= 4 is 45.4 Å². The van der Waals surface area contributed by atoms with Crippen LogP contribution in [0.25, 0.3) is 45.4 Å². The zero-order valence-electron chi connectivity index (χ0n) is 20.7. The zero-order chi connectivity index (χ0) is 24.3. The first-order valence-electron chi connectivity index (χ1n) is 12.6. The van der Waals surface area contributed by atoms with Crippen LogP contribution in [0.5, 0.6) is 0 Å². The molecule has 0 N–H and O–H groups in total. The molecule has 7 heteroatoms. The van der Waals surface area contributed by atoms with E-state index in [1.165, 1.54) is 55.5 Å². The van der Waals surface area contributed by atoms with E-state index in [-0.39, 0.29) is 24.8 Å². The summed E-state index contributed by atoms with van der Waals surface area (Å²) in [5.41, 5.74) is 10.4. The largest absolute Gasteiger partial charge is 1.00 e. The van der Waals surface area contributed by atoms with Crippen molar-refractivity contribution in [3.05, 3.63) is 132 Å². The van der Waals surface area contributed by atoms with Crippen LogP contribution in [0.3, 0.4) is 0 Å². The number of benzene rings is 4. The summed E-state index contributed by atoms with van der Waals surface area (Å²) in [7, 11) is 0. The topological polar surface area (TPSA) is 35.6 Å². The summed E-state index contributed by atoms with van der Waals surface area (Å²) in [5.74, 6) is 0. The minimum Gasteiger partial charge on any atom is -1.00 e. The molecule has 0 radical (unpaired) electrons. The molecule has 2 aromatic heterocycles. The summed E-state index contributed by atoms with van der Waals surface area (Å²) >= 11 is -0.611. The zero-order valence-corrected chi connectivity index (χ0v) is 23.8. The van der Waals surface area contributed by atoms with Gasteiger partial charge in [0.2, 0.25) is 0 Å². The predicted octanol–water partition coefficient (Wildman–Crippen LogP) is 1.28. The van der Waals surface area contributed by atoms with Crippen LogP contribution in [-0.4, -0.2) is 19.6 Å². The maximum atomic E-state index is 4.88. The Morgan fingerprint density at radius 3 is 1.41 bits per heavy atom. The first-order chi connectivity index (χ1) is 18.3. The van der Waals surface area contributed by atoms with Crippen molar-refractivity contribution in [3.63, 3.8) is 0 Å². The molecule has 2 aliphatic rings. The Labute approximate surface area is 247 Å². The van der Waals surface area contributed by atoms with Crippen molar-refractivity contribution in [2.45, 2.75) is 8.45 Å². The van der Waals surface area contributed by atoms with Gasteiger partial charge in [-0.1, -0.05) is 0 Å². The molecule has 0 spiro atoms. The summed E-state index contributed by atoms with van der Waals surface area (Å²) in [4.78, 5) is 0. The van der Waals surface area contributed by atoms with Gasteiger partial charge in [0.05, 0.1) is 0 Å². The Hall–Kier alpha value is -3.41. The molecule has 0 saturated carbocycles. The first kappa shape index (κ1) is 25.8. The van der Waals surface area contributed by atoms with Crippen molar-refractivity contribution in [3.8, 4) is 0 Å². The first-order valence-corrected chi connectivity index (χ1v) is 14.4. The van der Waals surface area contributed by atoms with E-state index in [0.717, 1.165) is 0 Å². The van der Waals surface area contributed by atoms with Crippen LogP contribution in [0.15, 0.2) is 109 Å². The fourth-order valence-corrected chi connectivity index (χ4v) is 8.93. The normalized spacial score (nSPS) is 17.0. The second-order valence-electron chi connectivity index (χ2n) is 9.66. The van der Waals surface area contributed by atoms with Crippen molar-refractivity contribution in [1.29, 1.82) is 0 Å². The minimum atomic E-state index is -0.611. The molecule has 2 unspecified atom stereocenters. The van der Waals surface area contributed by atoms with Crippen LogP contribution < -0.4 is 24.8 Å². The minimum absolute atomic E-state index is 0. The van der Waals surface area contributed by atoms with Gasteiger partial charge in [0.15, 0.2) is 0 Å². The number of allylic oxidation sites excluding steroid dienone is 2. The van der Waals surface area contributed by atoms with E-state index in [9.17, 15) is 0 Å². The van der Waals surface area contributed by atoms with E-state index >= 15 is 0 Å². The molecule has 39 heavy (non-hydrogen) atoms. The predicted molar refractivity (Wildman–Crippen MR) is 146 cm³/mol. The maximum absolute atomic E-state index is 4.88. The number of fused-ring (bicyclic) bond motifs is 4. The number of halogens is 2. The van der Waals surface area contributed by atoms with Crippen LogP contribution in [0.4, 0.5) is 0 Å². The molecule has 0 aliphatic heterocycles. The van der Waals surface area contributed by atoms with Gasteiger partial charge in [-0.05, 0) is 0 Å². The van der Waals surface area contributed by atoms with Crippen LogP contribution in [-0.2, 0) is 19.2 Å². The third kappa shape index (κ3) is 4.11. The summed E-state index contributed by atoms with van der Waals surface area (Å²) in [6.45, 7) is 0. The number of para-hydroxylation sites is 2. The third-order valence-corrected chi connectivity index (χ3v) is 10.5. The van der Waals surface area contributed by atoms with Gasteiger partial charge in [0, 0.05) is 0 Å². The molecule has 2 heterocycles. The van der Waals surface area contributed by atoms with Gasteiger partial charge in [0.25, 0.3) is 0 Å². The van der Waals surface area contributed by atoms with Crippen molar-refractivity contribution in [2.75, 3.05) is 0 Å².